The molecule has 1 aromatic carbocycles. The minimum Gasteiger partial charge on any atom is -0.394 e. The number of nitrogens with one attached hydrogen (secondary N) is 1. The average Bonchev–Trinajstić information content (AvgIpc) is 2.74. The fraction of sp³-hybridized carbons (Fsp3) is 0.300. The van der Waals surface area contributed by atoms with Crippen LogP contribution in [0, 0.1) is 0 Å². The number of fused-ring (bicyclic) bond motifs is 1. The zero-order valence-corrected chi connectivity index (χ0v) is 7.96. The highest BCUT2D eigenvalue weighted by Crippen LogP contribution is 2.24. The number of nitrogens with zero attached hydrogens (tertiary/aromatic N) is 1. The van der Waals surface area contributed by atoms with Crippen LogP contribution in [-0.2, 0) is 0 Å². The minimum absolute atomic E-state index is 0.480. The summed E-state index contributed by atoms with van der Waals surface area (Å²) >= 11 is 0. The molecule has 5 nitrogen and oxygen atoms in total. The van der Waals surface area contributed by atoms with Gasteiger partial charge in [-0.1, -0.05) is 18.2 Å². The third-order valence-electron chi connectivity index (χ3n) is 2.38. The van der Waals surface area contributed by atoms with Crippen molar-refractivity contribution in [2.75, 3.05) is 6.61 Å². The van der Waals surface area contributed by atoms with Gasteiger partial charge in [0.2, 0.25) is 0 Å². The highest BCUT2D eigenvalue weighted by atomic mass is 16.4. The van der Waals surface area contributed by atoms with Crippen molar-refractivity contribution in [2.24, 2.45) is 0 Å². The molecule has 4 N–H and O–H groups in total. The third kappa shape index (κ3) is 1.72. The summed E-state index contributed by atoms with van der Waals surface area (Å²) < 4.78 is 0. The van der Waals surface area contributed by atoms with Gasteiger partial charge >= 0.3 is 0 Å². The van der Waals surface area contributed by atoms with Crippen LogP contribution in [0.25, 0.3) is 10.9 Å². The summed E-state index contributed by atoms with van der Waals surface area (Å²) in [6.07, 6.45) is -0.658. The first-order valence-electron chi connectivity index (χ1n) is 4.63. The Morgan fingerprint density at radius 2 is 2.13 bits per heavy atom. The van der Waals surface area contributed by atoms with E-state index in [0.29, 0.717) is 11.1 Å². The molecular weight excluding hydrogens is 196 g/mol. The predicted octanol–water partition coefficient (Wildman–Crippen LogP) is -0.0505. The van der Waals surface area contributed by atoms with Gasteiger partial charge in [-0.3, -0.25) is 5.10 Å². The second kappa shape index (κ2) is 3.98. The second-order valence-electron chi connectivity index (χ2n) is 3.38. The molecule has 0 saturated heterocycles. The zero-order valence-electron chi connectivity index (χ0n) is 7.96. The van der Waals surface area contributed by atoms with Gasteiger partial charge in [0.1, 0.15) is 12.2 Å². The number of para-hydroxylation sites is 1. The smallest absolute Gasteiger partial charge is 0.109 e. The quantitative estimate of drug-likeness (QED) is 0.569. The van der Waals surface area contributed by atoms with Gasteiger partial charge in [0.15, 0.2) is 0 Å². The Balaban J connectivity index is 2.46. The Bertz CT molecular complexity index is 455. The first-order chi connectivity index (χ1) is 7.24. The monoisotopic (exact) mass is 208 g/mol. The standard InChI is InChI=1S/C10H12N2O3/c13-5-8(14)10(15)7-3-1-2-6-4-11-12-9(6)7/h1-4,8,10,13-15H,5H2,(H,11,12). The second-order valence-corrected chi connectivity index (χ2v) is 3.38. The van der Waals surface area contributed by atoms with E-state index in [1.165, 1.54) is 0 Å². The van der Waals surface area contributed by atoms with Gasteiger partial charge in [-0.15, -0.1) is 0 Å². The largest absolute Gasteiger partial charge is 0.394 e. The van der Waals surface area contributed by atoms with Crippen LogP contribution in [0.5, 0.6) is 0 Å². The van der Waals surface area contributed by atoms with E-state index in [-0.39, 0.29) is 0 Å². The average molecular weight is 208 g/mol. The topological polar surface area (TPSA) is 89.4 Å². The molecule has 0 spiro atoms. The third-order valence-corrected chi connectivity index (χ3v) is 2.38. The van der Waals surface area contributed by atoms with Crippen LogP contribution in [-0.4, -0.2) is 38.2 Å². The van der Waals surface area contributed by atoms with Gasteiger partial charge in [0.25, 0.3) is 0 Å². The number of aromatic nitrogens is 2. The van der Waals surface area contributed by atoms with Crippen molar-refractivity contribution >= 4 is 10.9 Å². The van der Waals surface area contributed by atoms with Crippen LogP contribution in [0.1, 0.15) is 11.7 Å². The summed E-state index contributed by atoms with van der Waals surface area (Å²) in [5.74, 6) is 0. The van der Waals surface area contributed by atoms with E-state index in [0.717, 1.165) is 5.39 Å². The summed E-state index contributed by atoms with van der Waals surface area (Å²) in [6, 6.07) is 5.30. The van der Waals surface area contributed by atoms with Crippen LogP contribution in [0.4, 0.5) is 0 Å². The van der Waals surface area contributed by atoms with Gasteiger partial charge < -0.3 is 15.3 Å². The number of hydrogen-bond acceptors (Lipinski definition) is 4. The van der Waals surface area contributed by atoms with Crippen molar-refractivity contribution in [1.82, 2.24) is 10.2 Å². The molecule has 15 heavy (non-hydrogen) atoms. The van der Waals surface area contributed by atoms with E-state index in [9.17, 15) is 10.2 Å². The van der Waals surface area contributed by atoms with Crippen LogP contribution >= 0.6 is 0 Å². The number of aliphatic hydroxyl groups excluding tert-OH is 3. The summed E-state index contributed by atoms with van der Waals surface area (Å²) in [5, 5.41) is 35.3. The van der Waals surface area contributed by atoms with Crippen LogP contribution < -0.4 is 0 Å². The van der Waals surface area contributed by atoms with Gasteiger partial charge in [-0.25, -0.2) is 0 Å². The van der Waals surface area contributed by atoms with Crippen LogP contribution in [0.3, 0.4) is 0 Å². The van der Waals surface area contributed by atoms with Crippen molar-refractivity contribution in [3.63, 3.8) is 0 Å². The fourth-order valence-electron chi connectivity index (χ4n) is 1.55. The van der Waals surface area contributed by atoms with Gasteiger partial charge in [0, 0.05) is 10.9 Å². The highest BCUT2D eigenvalue weighted by Gasteiger charge is 2.19. The molecule has 2 aromatic rings. The van der Waals surface area contributed by atoms with Crippen molar-refractivity contribution in [3.8, 4) is 0 Å². The van der Waals surface area contributed by atoms with Crippen molar-refractivity contribution < 1.29 is 15.3 Å². The van der Waals surface area contributed by atoms with Gasteiger partial charge in [-0.05, 0) is 0 Å². The molecule has 2 rings (SSSR count). The molecule has 1 heterocycles. The number of aliphatic hydroxyl groups is 3. The van der Waals surface area contributed by atoms with Crippen LogP contribution in [0.2, 0.25) is 0 Å². The molecule has 2 unspecified atom stereocenters. The van der Waals surface area contributed by atoms with E-state index in [2.05, 4.69) is 10.2 Å². The molecule has 0 radical (unpaired) electrons. The maximum atomic E-state index is 9.75. The lowest BCUT2D eigenvalue weighted by atomic mass is 10.0. The molecule has 0 aliphatic heterocycles. The first-order valence-corrected chi connectivity index (χ1v) is 4.63. The Labute approximate surface area is 86.0 Å². The number of aromatic amines is 1. The summed E-state index contributed by atoms with van der Waals surface area (Å²) in [4.78, 5) is 0. The number of benzene rings is 1. The van der Waals surface area contributed by atoms with Crippen LogP contribution in [0.15, 0.2) is 24.4 Å². The molecule has 0 bridgehead atoms. The molecule has 2 atom stereocenters. The van der Waals surface area contributed by atoms with E-state index in [4.69, 9.17) is 5.11 Å². The van der Waals surface area contributed by atoms with E-state index >= 15 is 0 Å². The maximum Gasteiger partial charge on any atom is 0.109 e. The normalized spacial score (nSPS) is 15.4. The lowest BCUT2D eigenvalue weighted by Crippen LogP contribution is -2.22. The number of rotatable bonds is 3. The Morgan fingerprint density at radius 1 is 1.33 bits per heavy atom. The summed E-state index contributed by atoms with van der Waals surface area (Å²) in [7, 11) is 0. The van der Waals surface area contributed by atoms with Crippen molar-refractivity contribution in [1.29, 1.82) is 0 Å². The SMILES string of the molecule is OCC(O)C(O)c1cccc2cn[nH]c12. The van der Waals surface area contributed by atoms with Gasteiger partial charge in [-0.2, -0.15) is 5.10 Å². The number of H-pyrrole nitrogens is 1. The Kier molecular flexibility index (Phi) is 2.68. The molecule has 0 aliphatic carbocycles. The Hall–Kier alpha value is -1.43. The first kappa shape index (κ1) is 10.1. The fourth-order valence-corrected chi connectivity index (χ4v) is 1.55. The van der Waals surface area contributed by atoms with Gasteiger partial charge in [0.05, 0.1) is 18.3 Å². The summed E-state index contributed by atoms with van der Waals surface area (Å²) in [5.41, 5.74) is 1.21. The molecule has 0 amide bonds. The summed E-state index contributed by atoms with van der Waals surface area (Å²) in [6.45, 7) is -0.480. The lowest BCUT2D eigenvalue weighted by molar-refractivity contribution is -0.0146. The van der Waals surface area contributed by atoms with E-state index in [1.807, 2.05) is 6.07 Å². The van der Waals surface area contributed by atoms with Crippen molar-refractivity contribution in [3.05, 3.63) is 30.0 Å². The molecular formula is C10H12N2O3. The molecule has 0 saturated carbocycles. The molecule has 5 heteroatoms. The molecule has 0 fully saturated rings. The predicted molar refractivity (Wildman–Crippen MR) is 54.1 cm³/mol. The molecule has 1 aromatic heterocycles. The lowest BCUT2D eigenvalue weighted by Gasteiger charge is -2.16. The maximum absolute atomic E-state index is 9.75. The molecule has 80 valence electrons. The Morgan fingerprint density at radius 3 is 2.87 bits per heavy atom. The number of hydrogen-bond donors (Lipinski definition) is 4. The van der Waals surface area contributed by atoms with E-state index < -0.39 is 18.8 Å². The molecule has 0 aliphatic rings. The highest BCUT2D eigenvalue weighted by molar-refractivity contribution is 5.81. The minimum atomic E-state index is -1.18. The van der Waals surface area contributed by atoms with E-state index in [1.54, 1.807) is 18.3 Å². The van der Waals surface area contributed by atoms with Crippen molar-refractivity contribution in [2.45, 2.75) is 12.2 Å². The zero-order chi connectivity index (χ0) is 10.8.